The van der Waals surface area contributed by atoms with E-state index in [-0.39, 0.29) is 6.61 Å². The molecule has 0 aliphatic carbocycles. The zero-order chi connectivity index (χ0) is 11.9. The van der Waals surface area contributed by atoms with Gasteiger partial charge >= 0.3 is 0 Å². The second kappa shape index (κ2) is 7.17. The van der Waals surface area contributed by atoms with E-state index in [1.165, 1.54) is 0 Å². The molecule has 0 fully saturated rings. The molecule has 0 aromatic carbocycles. The third-order valence-corrected chi connectivity index (χ3v) is 2.78. The predicted octanol–water partition coefficient (Wildman–Crippen LogP) is 0.443. The van der Waals surface area contributed by atoms with Gasteiger partial charge in [-0.15, -0.1) is 0 Å². The lowest BCUT2D eigenvalue weighted by molar-refractivity contribution is 0.111. The summed E-state index contributed by atoms with van der Waals surface area (Å²) in [5.74, 6) is 0. The van der Waals surface area contributed by atoms with Crippen LogP contribution in [0.15, 0.2) is 0 Å². The van der Waals surface area contributed by atoms with E-state index >= 15 is 0 Å². The quantitative estimate of drug-likeness (QED) is 0.621. The van der Waals surface area contributed by atoms with Gasteiger partial charge in [-0.1, -0.05) is 0 Å². The molecule has 0 aromatic heterocycles. The topological polar surface area (TPSA) is 58.7 Å². The Hall–Kier alpha value is -0.160. The normalized spacial score (nSPS) is 17.8. The standard InChI is InChI=1S/C11H26N2O2/c1-10(8-15-4)13(3)7-5-6-11(2,12)9-14/h10,14H,5-9,12H2,1-4H3. The first kappa shape index (κ1) is 14.8. The van der Waals surface area contributed by atoms with Crippen LogP contribution in [-0.2, 0) is 4.74 Å². The molecule has 0 aliphatic heterocycles. The van der Waals surface area contributed by atoms with Gasteiger partial charge in [-0.2, -0.15) is 0 Å². The summed E-state index contributed by atoms with van der Waals surface area (Å²) in [6, 6.07) is 0.424. The van der Waals surface area contributed by atoms with Crippen LogP contribution >= 0.6 is 0 Å². The van der Waals surface area contributed by atoms with Gasteiger partial charge in [0.1, 0.15) is 0 Å². The van der Waals surface area contributed by atoms with Crippen LogP contribution in [0.25, 0.3) is 0 Å². The van der Waals surface area contributed by atoms with Crippen molar-refractivity contribution in [3.63, 3.8) is 0 Å². The van der Waals surface area contributed by atoms with Crippen molar-refractivity contribution < 1.29 is 9.84 Å². The van der Waals surface area contributed by atoms with Gasteiger partial charge in [0.2, 0.25) is 0 Å². The monoisotopic (exact) mass is 218 g/mol. The fourth-order valence-corrected chi connectivity index (χ4v) is 1.40. The lowest BCUT2D eigenvalue weighted by atomic mass is 9.98. The van der Waals surface area contributed by atoms with Crippen molar-refractivity contribution in [2.45, 2.75) is 38.3 Å². The Labute approximate surface area is 93.4 Å². The van der Waals surface area contributed by atoms with E-state index in [0.29, 0.717) is 6.04 Å². The summed E-state index contributed by atoms with van der Waals surface area (Å²) >= 11 is 0. The molecule has 0 aliphatic rings. The molecule has 4 heteroatoms. The maximum absolute atomic E-state index is 8.99. The summed E-state index contributed by atoms with van der Waals surface area (Å²) in [5, 5.41) is 8.99. The van der Waals surface area contributed by atoms with Crippen LogP contribution in [0.3, 0.4) is 0 Å². The Kier molecular flexibility index (Phi) is 7.09. The molecular weight excluding hydrogens is 192 g/mol. The SMILES string of the molecule is COCC(C)N(C)CCCC(C)(N)CO. The van der Waals surface area contributed by atoms with Crippen molar-refractivity contribution in [3.05, 3.63) is 0 Å². The molecule has 15 heavy (non-hydrogen) atoms. The number of likely N-dealkylation sites (N-methyl/N-ethyl adjacent to an activating group) is 1. The molecule has 2 unspecified atom stereocenters. The van der Waals surface area contributed by atoms with E-state index in [0.717, 1.165) is 26.0 Å². The molecule has 3 N–H and O–H groups in total. The highest BCUT2D eigenvalue weighted by Crippen LogP contribution is 2.09. The first-order chi connectivity index (χ1) is 6.93. The molecule has 0 saturated carbocycles. The maximum Gasteiger partial charge on any atom is 0.0615 e. The minimum atomic E-state index is -0.439. The Bertz CT molecular complexity index is 163. The minimum Gasteiger partial charge on any atom is -0.394 e. The highest BCUT2D eigenvalue weighted by molar-refractivity contribution is 4.77. The van der Waals surface area contributed by atoms with Crippen LogP contribution in [0.1, 0.15) is 26.7 Å². The smallest absolute Gasteiger partial charge is 0.0615 e. The number of nitrogens with zero attached hydrogens (tertiary/aromatic N) is 1. The number of aliphatic hydroxyl groups is 1. The average Bonchev–Trinajstić information content (AvgIpc) is 2.18. The zero-order valence-corrected chi connectivity index (χ0v) is 10.5. The Morgan fingerprint density at radius 1 is 1.53 bits per heavy atom. The summed E-state index contributed by atoms with van der Waals surface area (Å²) in [6.45, 7) is 5.79. The molecule has 4 nitrogen and oxygen atoms in total. The summed E-state index contributed by atoms with van der Waals surface area (Å²) in [5.41, 5.74) is 5.40. The van der Waals surface area contributed by atoms with Gasteiger partial charge < -0.3 is 20.5 Å². The van der Waals surface area contributed by atoms with Gasteiger partial charge in [0, 0.05) is 18.7 Å². The van der Waals surface area contributed by atoms with Crippen LogP contribution in [0.5, 0.6) is 0 Å². The molecular formula is C11H26N2O2. The molecule has 0 amide bonds. The van der Waals surface area contributed by atoms with Gasteiger partial charge in [-0.3, -0.25) is 0 Å². The number of rotatable bonds is 8. The van der Waals surface area contributed by atoms with Crippen LogP contribution < -0.4 is 5.73 Å². The summed E-state index contributed by atoms with van der Waals surface area (Å²) in [6.07, 6.45) is 1.84. The fourth-order valence-electron chi connectivity index (χ4n) is 1.40. The number of methoxy groups -OCH3 is 1. The van der Waals surface area contributed by atoms with Crippen LogP contribution in [0.2, 0.25) is 0 Å². The van der Waals surface area contributed by atoms with E-state index in [9.17, 15) is 0 Å². The molecule has 0 rings (SSSR count). The number of nitrogens with two attached hydrogens (primary N) is 1. The van der Waals surface area contributed by atoms with Gasteiger partial charge in [0.25, 0.3) is 0 Å². The molecule has 0 radical (unpaired) electrons. The minimum absolute atomic E-state index is 0.0460. The molecule has 92 valence electrons. The first-order valence-electron chi connectivity index (χ1n) is 5.52. The predicted molar refractivity (Wildman–Crippen MR) is 62.9 cm³/mol. The van der Waals surface area contributed by atoms with Gasteiger partial charge in [-0.05, 0) is 40.3 Å². The summed E-state index contributed by atoms with van der Waals surface area (Å²) < 4.78 is 5.09. The van der Waals surface area contributed by atoms with Crippen molar-refractivity contribution >= 4 is 0 Å². The second-order valence-electron chi connectivity index (χ2n) is 4.70. The highest BCUT2D eigenvalue weighted by atomic mass is 16.5. The van der Waals surface area contributed by atoms with Crippen molar-refractivity contribution in [2.75, 3.05) is 33.9 Å². The fraction of sp³-hybridized carbons (Fsp3) is 1.00. The third-order valence-electron chi connectivity index (χ3n) is 2.78. The van der Waals surface area contributed by atoms with E-state index in [1.54, 1.807) is 7.11 Å². The number of hydrogen-bond donors (Lipinski definition) is 2. The maximum atomic E-state index is 8.99. The van der Waals surface area contributed by atoms with Crippen LogP contribution in [-0.4, -0.2) is 55.5 Å². The van der Waals surface area contributed by atoms with E-state index in [1.807, 2.05) is 6.92 Å². The summed E-state index contributed by atoms with van der Waals surface area (Å²) in [4.78, 5) is 2.25. The Balaban J connectivity index is 3.67. The lowest BCUT2D eigenvalue weighted by Crippen LogP contribution is -2.41. The van der Waals surface area contributed by atoms with Crippen molar-refractivity contribution in [1.29, 1.82) is 0 Å². The molecule has 0 saturated heterocycles. The molecule has 0 heterocycles. The number of ether oxygens (including phenoxy) is 1. The number of hydrogen-bond acceptors (Lipinski definition) is 4. The van der Waals surface area contributed by atoms with Crippen LogP contribution in [0, 0.1) is 0 Å². The lowest BCUT2D eigenvalue weighted by Gasteiger charge is -2.26. The molecule has 0 spiro atoms. The van der Waals surface area contributed by atoms with E-state index in [2.05, 4.69) is 18.9 Å². The molecule has 2 atom stereocenters. The van der Waals surface area contributed by atoms with Crippen molar-refractivity contribution in [3.8, 4) is 0 Å². The van der Waals surface area contributed by atoms with Crippen molar-refractivity contribution in [2.24, 2.45) is 5.73 Å². The largest absolute Gasteiger partial charge is 0.394 e. The zero-order valence-electron chi connectivity index (χ0n) is 10.5. The van der Waals surface area contributed by atoms with Gasteiger partial charge in [0.05, 0.1) is 13.2 Å². The highest BCUT2D eigenvalue weighted by Gasteiger charge is 2.17. The second-order valence-corrected chi connectivity index (χ2v) is 4.70. The number of aliphatic hydroxyl groups excluding tert-OH is 1. The molecule has 0 aromatic rings. The van der Waals surface area contributed by atoms with E-state index < -0.39 is 5.54 Å². The average molecular weight is 218 g/mol. The Morgan fingerprint density at radius 3 is 2.60 bits per heavy atom. The Morgan fingerprint density at radius 2 is 2.13 bits per heavy atom. The van der Waals surface area contributed by atoms with Crippen LogP contribution in [0.4, 0.5) is 0 Å². The third kappa shape index (κ3) is 6.84. The molecule has 0 bridgehead atoms. The summed E-state index contributed by atoms with van der Waals surface area (Å²) in [7, 11) is 3.80. The van der Waals surface area contributed by atoms with Gasteiger partial charge in [-0.25, -0.2) is 0 Å². The van der Waals surface area contributed by atoms with Gasteiger partial charge in [0.15, 0.2) is 0 Å². The first-order valence-corrected chi connectivity index (χ1v) is 5.52. The van der Waals surface area contributed by atoms with Crippen molar-refractivity contribution in [1.82, 2.24) is 4.90 Å². The van der Waals surface area contributed by atoms with E-state index in [4.69, 9.17) is 15.6 Å².